The molecule has 92 valence electrons. The fourth-order valence-corrected chi connectivity index (χ4v) is 1.91. The number of nitrogens with zero attached hydrogens (tertiary/aromatic N) is 2. The van der Waals surface area contributed by atoms with E-state index in [0.717, 1.165) is 37.2 Å². The monoisotopic (exact) mass is 224 g/mol. The molecule has 0 saturated heterocycles. The molecule has 1 aromatic rings. The van der Waals surface area contributed by atoms with Gasteiger partial charge in [-0.05, 0) is 38.7 Å². The predicted molar refractivity (Wildman–Crippen MR) is 66.4 cm³/mol. The molecular formula is C13H24N2O. The van der Waals surface area contributed by atoms with Gasteiger partial charge in [-0.1, -0.05) is 13.8 Å². The quantitative estimate of drug-likeness (QED) is 0.806. The fraction of sp³-hybridized carbons (Fsp3) is 0.769. The molecule has 16 heavy (non-hydrogen) atoms. The molecule has 0 fully saturated rings. The Hall–Kier alpha value is -0.830. The zero-order chi connectivity index (χ0) is 12.1. The third kappa shape index (κ3) is 3.97. The average molecular weight is 224 g/mol. The van der Waals surface area contributed by atoms with Crippen molar-refractivity contribution in [3.63, 3.8) is 0 Å². The molecule has 0 aliphatic carbocycles. The molecule has 1 unspecified atom stereocenters. The lowest BCUT2D eigenvalue weighted by Gasteiger charge is -2.12. The van der Waals surface area contributed by atoms with Crippen LogP contribution in [0.3, 0.4) is 0 Å². The third-order valence-corrected chi connectivity index (χ3v) is 2.81. The Kier molecular flexibility index (Phi) is 5.00. The molecule has 1 aromatic heterocycles. The van der Waals surface area contributed by atoms with Crippen molar-refractivity contribution in [1.29, 1.82) is 0 Å². The van der Waals surface area contributed by atoms with Gasteiger partial charge in [0.15, 0.2) is 0 Å². The van der Waals surface area contributed by atoms with Gasteiger partial charge in [-0.2, -0.15) is 5.10 Å². The van der Waals surface area contributed by atoms with Gasteiger partial charge < -0.3 is 5.11 Å². The SMILES string of the molecule is CCn1nc(C)cc1CC(O)CCC(C)C. The second-order valence-electron chi connectivity index (χ2n) is 4.92. The van der Waals surface area contributed by atoms with E-state index in [1.807, 2.05) is 11.6 Å². The van der Waals surface area contributed by atoms with Gasteiger partial charge in [-0.3, -0.25) is 4.68 Å². The molecule has 0 aliphatic heterocycles. The summed E-state index contributed by atoms with van der Waals surface area (Å²) in [5.74, 6) is 0.660. The predicted octanol–water partition coefficient (Wildman–Crippen LogP) is 2.55. The van der Waals surface area contributed by atoms with Crippen LogP contribution in [0.4, 0.5) is 0 Å². The summed E-state index contributed by atoms with van der Waals surface area (Å²) < 4.78 is 1.98. The molecular weight excluding hydrogens is 200 g/mol. The van der Waals surface area contributed by atoms with Crippen LogP contribution >= 0.6 is 0 Å². The third-order valence-electron chi connectivity index (χ3n) is 2.81. The maximum absolute atomic E-state index is 9.94. The largest absolute Gasteiger partial charge is 0.393 e. The molecule has 3 heteroatoms. The van der Waals surface area contributed by atoms with Crippen molar-refractivity contribution in [2.24, 2.45) is 5.92 Å². The first-order valence-corrected chi connectivity index (χ1v) is 6.24. The Bertz CT molecular complexity index is 318. The second kappa shape index (κ2) is 6.04. The van der Waals surface area contributed by atoms with E-state index in [9.17, 15) is 5.11 Å². The number of hydrogen-bond acceptors (Lipinski definition) is 2. The lowest BCUT2D eigenvalue weighted by molar-refractivity contribution is 0.154. The van der Waals surface area contributed by atoms with E-state index in [1.54, 1.807) is 0 Å². The summed E-state index contributed by atoms with van der Waals surface area (Å²) in [4.78, 5) is 0. The van der Waals surface area contributed by atoms with Gasteiger partial charge in [0, 0.05) is 18.7 Å². The van der Waals surface area contributed by atoms with Gasteiger partial charge in [0.25, 0.3) is 0 Å². The lowest BCUT2D eigenvalue weighted by atomic mass is 10.0. The summed E-state index contributed by atoms with van der Waals surface area (Å²) in [6.45, 7) is 9.33. The molecule has 1 N–H and O–H groups in total. The average Bonchev–Trinajstić information content (AvgIpc) is 2.55. The molecule has 3 nitrogen and oxygen atoms in total. The van der Waals surface area contributed by atoms with Crippen LogP contribution < -0.4 is 0 Å². The number of aliphatic hydroxyl groups is 1. The number of aromatic nitrogens is 2. The van der Waals surface area contributed by atoms with E-state index in [4.69, 9.17) is 0 Å². The zero-order valence-electron chi connectivity index (χ0n) is 10.9. The van der Waals surface area contributed by atoms with Gasteiger partial charge in [0.2, 0.25) is 0 Å². The first-order valence-electron chi connectivity index (χ1n) is 6.24. The molecule has 0 bridgehead atoms. The van der Waals surface area contributed by atoms with Crippen molar-refractivity contribution in [2.75, 3.05) is 0 Å². The van der Waals surface area contributed by atoms with Gasteiger partial charge in [-0.25, -0.2) is 0 Å². The van der Waals surface area contributed by atoms with Crippen molar-refractivity contribution in [2.45, 2.75) is 59.6 Å². The van der Waals surface area contributed by atoms with Crippen molar-refractivity contribution in [1.82, 2.24) is 9.78 Å². The van der Waals surface area contributed by atoms with Crippen LogP contribution in [-0.2, 0) is 13.0 Å². The maximum atomic E-state index is 9.94. The summed E-state index contributed by atoms with van der Waals surface area (Å²) in [6.07, 6.45) is 2.46. The summed E-state index contributed by atoms with van der Waals surface area (Å²) >= 11 is 0. The van der Waals surface area contributed by atoms with Crippen LogP contribution in [0.5, 0.6) is 0 Å². The summed E-state index contributed by atoms with van der Waals surface area (Å²) in [5.41, 5.74) is 2.18. The van der Waals surface area contributed by atoms with E-state index in [0.29, 0.717) is 5.92 Å². The minimum absolute atomic E-state index is 0.233. The number of hydrogen-bond donors (Lipinski definition) is 1. The van der Waals surface area contributed by atoms with Crippen LogP contribution in [0.25, 0.3) is 0 Å². The first-order chi connectivity index (χ1) is 7.52. The molecule has 0 amide bonds. The minimum Gasteiger partial charge on any atom is -0.393 e. The molecule has 0 saturated carbocycles. The standard InChI is InChI=1S/C13H24N2O/c1-5-15-12(8-11(4)14-15)9-13(16)7-6-10(2)3/h8,10,13,16H,5-7,9H2,1-4H3. The second-order valence-corrected chi connectivity index (χ2v) is 4.92. The summed E-state index contributed by atoms with van der Waals surface area (Å²) in [6, 6.07) is 2.07. The Morgan fingerprint density at radius 1 is 1.38 bits per heavy atom. The van der Waals surface area contributed by atoms with Gasteiger partial charge in [-0.15, -0.1) is 0 Å². The van der Waals surface area contributed by atoms with E-state index >= 15 is 0 Å². The van der Waals surface area contributed by atoms with Crippen molar-refractivity contribution >= 4 is 0 Å². The highest BCUT2D eigenvalue weighted by Gasteiger charge is 2.11. The topological polar surface area (TPSA) is 38.0 Å². The molecule has 0 aliphatic rings. The van der Waals surface area contributed by atoms with Crippen LogP contribution in [-0.4, -0.2) is 21.0 Å². The van der Waals surface area contributed by atoms with Crippen LogP contribution in [0, 0.1) is 12.8 Å². The molecule has 1 heterocycles. The zero-order valence-corrected chi connectivity index (χ0v) is 10.9. The Labute approximate surface area is 98.5 Å². The highest BCUT2D eigenvalue weighted by Crippen LogP contribution is 2.12. The number of aliphatic hydroxyl groups excluding tert-OH is 1. The van der Waals surface area contributed by atoms with Gasteiger partial charge in [0.05, 0.1) is 11.8 Å². The highest BCUT2D eigenvalue weighted by molar-refractivity contribution is 5.09. The van der Waals surface area contributed by atoms with E-state index in [-0.39, 0.29) is 6.10 Å². The Balaban J connectivity index is 2.51. The normalized spacial score (nSPS) is 13.4. The Morgan fingerprint density at radius 2 is 2.06 bits per heavy atom. The van der Waals surface area contributed by atoms with Crippen molar-refractivity contribution < 1.29 is 5.11 Å². The molecule has 1 atom stereocenters. The first kappa shape index (κ1) is 13.2. The molecule has 0 aromatic carbocycles. The van der Waals surface area contributed by atoms with Crippen molar-refractivity contribution in [3.05, 3.63) is 17.5 Å². The van der Waals surface area contributed by atoms with E-state index in [2.05, 4.69) is 31.9 Å². The van der Waals surface area contributed by atoms with Crippen LogP contribution in [0.15, 0.2) is 6.07 Å². The molecule has 0 spiro atoms. The van der Waals surface area contributed by atoms with Gasteiger partial charge >= 0.3 is 0 Å². The smallest absolute Gasteiger partial charge is 0.0596 e. The maximum Gasteiger partial charge on any atom is 0.0596 e. The summed E-state index contributed by atoms with van der Waals surface area (Å²) in [5, 5.41) is 14.3. The van der Waals surface area contributed by atoms with E-state index < -0.39 is 0 Å². The Morgan fingerprint density at radius 3 is 2.62 bits per heavy atom. The van der Waals surface area contributed by atoms with Crippen LogP contribution in [0.2, 0.25) is 0 Å². The van der Waals surface area contributed by atoms with E-state index in [1.165, 1.54) is 0 Å². The summed E-state index contributed by atoms with van der Waals surface area (Å²) in [7, 11) is 0. The molecule has 0 radical (unpaired) electrons. The lowest BCUT2D eigenvalue weighted by Crippen LogP contribution is -2.15. The fourth-order valence-electron chi connectivity index (χ4n) is 1.91. The number of aryl methyl sites for hydroxylation is 2. The minimum atomic E-state index is -0.233. The van der Waals surface area contributed by atoms with Crippen LogP contribution in [0.1, 0.15) is 45.0 Å². The molecule has 1 rings (SSSR count). The van der Waals surface area contributed by atoms with Crippen molar-refractivity contribution in [3.8, 4) is 0 Å². The highest BCUT2D eigenvalue weighted by atomic mass is 16.3. The van der Waals surface area contributed by atoms with Gasteiger partial charge in [0.1, 0.15) is 0 Å². The number of rotatable bonds is 6.